The summed E-state index contributed by atoms with van der Waals surface area (Å²) >= 11 is 0. The predicted octanol–water partition coefficient (Wildman–Crippen LogP) is 1.28. The number of aryl methyl sites for hydroxylation is 1. The summed E-state index contributed by atoms with van der Waals surface area (Å²) in [6.45, 7) is 5.45. The molecule has 1 aliphatic heterocycles. The Morgan fingerprint density at radius 1 is 1.23 bits per heavy atom. The zero-order valence-electron chi connectivity index (χ0n) is 20.2. The van der Waals surface area contributed by atoms with Crippen molar-refractivity contribution in [3.8, 4) is 11.5 Å². The number of nitrogens with one attached hydrogen (secondary N) is 1. The first kappa shape index (κ1) is 25.4. The third-order valence-corrected chi connectivity index (χ3v) is 6.68. The van der Waals surface area contributed by atoms with Gasteiger partial charge < -0.3 is 44.0 Å². The number of rotatable bonds is 7. The molecular formula is C24H31NO10. The Balaban J connectivity index is 1.59. The van der Waals surface area contributed by atoms with Crippen LogP contribution < -0.4 is 15.7 Å². The number of anilines is 1. The molecule has 1 aromatic carbocycles. The van der Waals surface area contributed by atoms with Gasteiger partial charge in [-0.2, -0.15) is 0 Å². The van der Waals surface area contributed by atoms with Gasteiger partial charge in [-0.25, -0.2) is 4.79 Å². The lowest BCUT2D eigenvalue weighted by molar-refractivity contribution is -0.306. The summed E-state index contributed by atoms with van der Waals surface area (Å²) < 4.78 is 27.4. The van der Waals surface area contributed by atoms with Gasteiger partial charge in [0.25, 0.3) is 0 Å². The molecule has 0 bridgehead atoms. The molecule has 35 heavy (non-hydrogen) atoms. The van der Waals surface area contributed by atoms with Gasteiger partial charge in [-0.05, 0) is 45.2 Å². The van der Waals surface area contributed by atoms with Gasteiger partial charge in [-0.1, -0.05) is 0 Å². The molecule has 2 aromatic rings. The summed E-state index contributed by atoms with van der Waals surface area (Å²) in [6, 6.07) is 2.97. The fourth-order valence-electron chi connectivity index (χ4n) is 4.62. The number of methoxy groups -OCH3 is 2. The maximum Gasteiger partial charge on any atom is 0.364 e. The molecule has 11 heteroatoms. The van der Waals surface area contributed by atoms with Crippen LogP contribution in [0.15, 0.2) is 21.3 Å². The van der Waals surface area contributed by atoms with Gasteiger partial charge in [-0.3, -0.25) is 4.79 Å². The van der Waals surface area contributed by atoms with Crippen LogP contribution in [0.25, 0.3) is 11.0 Å². The highest BCUT2D eigenvalue weighted by molar-refractivity contribution is 5.99. The summed E-state index contributed by atoms with van der Waals surface area (Å²) in [5.41, 5.74) is -1.82. The standard InChI is InChI=1S/C24H31NO10/c1-10-14(33-23-18(28)17(27)20(32-5)24(2,3)35-23)7-6-12-16(26)15(22(30)34-19(10)12)25-21(29)13-8-11(13)9-31-4/h6-7,11,13,17-18,20,23,26-28H,8-9H2,1-5H3,(H,25,29)/t11?,13?,17-,18+,20+,23+/m0/s1. The first-order valence-electron chi connectivity index (χ1n) is 11.3. The Morgan fingerprint density at radius 3 is 2.60 bits per heavy atom. The van der Waals surface area contributed by atoms with E-state index in [0.717, 1.165) is 0 Å². The number of aliphatic hydroxyl groups is 2. The van der Waals surface area contributed by atoms with Crippen molar-refractivity contribution >= 4 is 22.6 Å². The minimum atomic E-state index is -1.41. The Labute approximate surface area is 201 Å². The van der Waals surface area contributed by atoms with Gasteiger partial charge in [0.2, 0.25) is 12.2 Å². The number of aliphatic hydroxyl groups excluding tert-OH is 2. The molecule has 1 saturated carbocycles. The van der Waals surface area contributed by atoms with Crippen LogP contribution in [-0.2, 0) is 19.0 Å². The summed E-state index contributed by atoms with van der Waals surface area (Å²) in [5, 5.41) is 34.4. The van der Waals surface area contributed by atoms with E-state index in [2.05, 4.69) is 5.32 Å². The van der Waals surface area contributed by atoms with Gasteiger partial charge in [0.1, 0.15) is 29.6 Å². The Bertz CT molecular complexity index is 1180. The zero-order valence-corrected chi connectivity index (χ0v) is 20.2. The molecule has 6 atom stereocenters. The van der Waals surface area contributed by atoms with Gasteiger partial charge >= 0.3 is 5.63 Å². The molecule has 0 spiro atoms. The molecule has 1 amide bonds. The normalized spacial score (nSPS) is 29.7. The van der Waals surface area contributed by atoms with Crippen LogP contribution in [0.3, 0.4) is 0 Å². The third-order valence-electron chi connectivity index (χ3n) is 6.68. The van der Waals surface area contributed by atoms with Gasteiger partial charge in [-0.15, -0.1) is 0 Å². The van der Waals surface area contributed by atoms with Crippen molar-refractivity contribution in [2.24, 2.45) is 11.8 Å². The minimum absolute atomic E-state index is 0.0477. The highest BCUT2D eigenvalue weighted by Gasteiger charge is 2.50. The molecule has 2 heterocycles. The minimum Gasteiger partial charge on any atom is -0.505 e. The third kappa shape index (κ3) is 4.62. The first-order valence-corrected chi connectivity index (χ1v) is 11.3. The predicted molar refractivity (Wildman–Crippen MR) is 123 cm³/mol. The zero-order chi connectivity index (χ0) is 25.7. The number of carbonyl (C=O) groups excluding carboxylic acids is 1. The number of fused-ring (bicyclic) bond motifs is 1. The number of carbonyl (C=O) groups is 1. The van der Waals surface area contributed by atoms with Crippen molar-refractivity contribution in [1.82, 2.24) is 0 Å². The van der Waals surface area contributed by atoms with Crippen molar-refractivity contribution in [2.75, 3.05) is 26.1 Å². The average Bonchev–Trinajstić information content (AvgIpc) is 3.56. The van der Waals surface area contributed by atoms with Crippen LogP contribution in [0.4, 0.5) is 5.69 Å². The van der Waals surface area contributed by atoms with E-state index in [9.17, 15) is 24.9 Å². The lowest BCUT2D eigenvalue weighted by Gasteiger charge is -2.46. The maximum atomic E-state index is 12.6. The molecule has 2 fully saturated rings. The van der Waals surface area contributed by atoms with Crippen LogP contribution in [0.2, 0.25) is 0 Å². The maximum absolute atomic E-state index is 12.6. The number of aromatic hydroxyl groups is 1. The van der Waals surface area contributed by atoms with Crippen LogP contribution in [-0.4, -0.2) is 72.3 Å². The monoisotopic (exact) mass is 493 g/mol. The highest BCUT2D eigenvalue weighted by atomic mass is 16.7. The molecule has 4 rings (SSSR count). The molecule has 4 N–H and O–H groups in total. The largest absolute Gasteiger partial charge is 0.505 e. The number of hydrogen-bond acceptors (Lipinski definition) is 10. The Hall–Kier alpha value is -2.70. The van der Waals surface area contributed by atoms with Gasteiger partial charge in [0.05, 0.1) is 11.0 Å². The van der Waals surface area contributed by atoms with E-state index in [1.165, 1.54) is 19.2 Å². The quantitative estimate of drug-likeness (QED) is 0.414. The second-order valence-electron chi connectivity index (χ2n) is 9.57. The van der Waals surface area contributed by atoms with Gasteiger partial charge in [0, 0.05) is 32.3 Å². The summed E-state index contributed by atoms with van der Waals surface area (Å²) in [5.74, 6) is -0.806. The molecule has 11 nitrogen and oxygen atoms in total. The van der Waals surface area contributed by atoms with E-state index in [4.69, 9.17) is 23.4 Å². The average molecular weight is 494 g/mol. The first-order chi connectivity index (χ1) is 16.5. The number of hydrogen-bond donors (Lipinski definition) is 4. The van der Waals surface area contributed by atoms with E-state index < -0.39 is 41.6 Å². The lowest BCUT2D eigenvalue weighted by atomic mass is 9.89. The molecule has 2 unspecified atom stereocenters. The van der Waals surface area contributed by atoms with Crippen molar-refractivity contribution < 1.29 is 43.5 Å². The smallest absolute Gasteiger partial charge is 0.364 e. The van der Waals surface area contributed by atoms with E-state index in [1.54, 1.807) is 27.9 Å². The van der Waals surface area contributed by atoms with Gasteiger partial charge in [0.15, 0.2) is 11.4 Å². The van der Waals surface area contributed by atoms with E-state index in [1.807, 2.05) is 0 Å². The fourth-order valence-corrected chi connectivity index (χ4v) is 4.62. The molecule has 1 aromatic heterocycles. The number of amides is 1. The van der Waals surface area contributed by atoms with Crippen molar-refractivity contribution in [3.05, 3.63) is 28.1 Å². The molecule has 1 saturated heterocycles. The highest BCUT2D eigenvalue weighted by Crippen LogP contribution is 2.41. The van der Waals surface area contributed by atoms with Crippen LogP contribution in [0.1, 0.15) is 25.8 Å². The van der Waals surface area contributed by atoms with Crippen molar-refractivity contribution in [3.63, 3.8) is 0 Å². The second kappa shape index (κ2) is 9.40. The lowest BCUT2D eigenvalue weighted by Crippen LogP contribution is -2.63. The van der Waals surface area contributed by atoms with Crippen LogP contribution >= 0.6 is 0 Å². The van der Waals surface area contributed by atoms with Crippen molar-refractivity contribution in [1.29, 1.82) is 0 Å². The molecule has 192 valence electrons. The fraction of sp³-hybridized carbons (Fsp3) is 0.583. The summed E-state index contributed by atoms with van der Waals surface area (Å²) in [6.07, 6.45) is -4.05. The Kier molecular flexibility index (Phi) is 6.82. The number of benzene rings is 1. The van der Waals surface area contributed by atoms with E-state index >= 15 is 0 Å². The summed E-state index contributed by atoms with van der Waals surface area (Å²) in [4.78, 5) is 25.1. The molecule has 2 aliphatic rings. The van der Waals surface area contributed by atoms with E-state index in [0.29, 0.717) is 18.6 Å². The number of ether oxygens (including phenoxy) is 4. The molecule has 0 radical (unpaired) electrons. The van der Waals surface area contributed by atoms with E-state index in [-0.39, 0.29) is 40.1 Å². The molecule has 1 aliphatic carbocycles. The second-order valence-corrected chi connectivity index (χ2v) is 9.57. The Morgan fingerprint density at radius 2 is 1.94 bits per heavy atom. The summed E-state index contributed by atoms with van der Waals surface area (Å²) in [7, 11) is 2.96. The van der Waals surface area contributed by atoms with Crippen LogP contribution in [0, 0.1) is 18.8 Å². The van der Waals surface area contributed by atoms with Crippen LogP contribution in [0.5, 0.6) is 11.5 Å². The van der Waals surface area contributed by atoms with Crippen molar-refractivity contribution in [2.45, 2.75) is 57.4 Å². The SMILES string of the molecule is COCC1CC1C(=O)Nc1c(O)c2ccc(O[C@@H]3OC(C)(C)[C@H](OC)[C@@H](O)[C@H]3O)c(C)c2oc1=O. The topological polar surface area (TPSA) is 157 Å². The molecular weight excluding hydrogens is 462 g/mol.